The van der Waals surface area contributed by atoms with E-state index in [0.717, 1.165) is 11.1 Å². The Bertz CT molecular complexity index is 665. The highest BCUT2D eigenvalue weighted by molar-refractivity contribution is 6.01. The van der Waals surface area contributed by atoms with Gasteiger partial charge in [0.15, 0.2) is 5.78 Å². The largest absolute Gasteiger partial charge is 0.466 e. The van der Waals surface area contributed by atoms with E-state index >= 15 is 0 Å². The topological polar surface area (TPSA) is 55.4 Å². The van der Waals surface area contributed by atoms with E-state index in [9.17, 15) is 9.59 Å². The summed E-state index contributed by atoms with van der Waals surface area (Å²) in [6.45, 7) is 4.55. The number of carbonyl (C=O) groups is 2. The van der Waals surface area contributed by atoms with Crippen LogP contribution in [0, 0.1) is 6.92 Å². The van der Waals surface area contributed by atoms with Crippen LogP contribution in [0.4, 0.5) is 0 Å². The lowest BCUT2D eigenvalue weighted by Gasteiger charge is -2.17. The number of esters is 1. The highest BCUT2D eigenvalue weighted by Gasteiger charge is 2.23. The zero-order valence-electron chi connectivity index (χ0n) is 14.1. The number of hydrogen-bond acceptors (Lipinski definition) is 4. The molecule has 0 aliphatic carbocycles. The van der Waals surface area contributed by atoms with Crippen molar-refractivity contribution in [2.75, 3.05) is 6.61 Å². The molecular weight excluding hydrogens is 302 g/mol. The smallest absolute Gasteiger partial charge is 0.307 e. The van der Waals surface area contributed by atoms with Gasteiger partial charge in [0.25, 0.3) is 0 Å². The predicted octanol–water partition coefficient (Wildman–Crippen LogP) is 3.29. The summed E-state index contributed by atoms with van der Waals surface area (Å²) in [5.74, 6) is -0.470. The lowest BCUT2D eigenvalue weighted by molar-refractivity contribution is -0.143. The van der Waals surface area contributed by atoms with Gasteiger partial charge in [-0.25, -0.2) is 0 Å². The van der Waals surface area contributed by atoms with Crippen LogP contribution in [0.15, 0.2) is 54.6 Å². The number of nitrogens with one attached hydrogen (secondary N) is 1. The molecule has 2 aromatic rings. The van der Waals surface area contributed by atoms with E-state index in [1.165, 1.54) is 0 Å². The summed E-state index contributed by atoms with van der Waals surface area (Å²) in [7, 11) is 0. The first-order chi connectivity index (χ1) is 11.6. The molecule has 1 atom stereocenters. The Kier molecular flexibility index (Phi) is 6.70. The van der Waals surface area contributed by atoms with Gasteiger partial charge in [0.2, 0.25) is 0 Å². The van der Waals surface area contributed by atoms with Crippen LogP contribution in [0.25, 0.3) is 0 Å². The van der Waals surface area contributed by atoms with Crippen molar-refractivity contribution in [1.29, 1.82) is 0 Å². The number of benzene rings is 2. The summed E-state index contributed by atoms with van der Waals surface area (Å²) in [5.41, 5.74) is 2.74. The van der Waals surface area contributed by atoms with Gasteiger partial charge in [0.05, 0.1) is 19.1 Å². The first-order valence-corrected chi connectivity index (χ1v) is 8.14. The summed E-state index contributed by atoms with van der Waals surface area (Å²) in [6.07, 6.45) is 0.0212. The standard InChI is InChI=1S/C20H23NO3/c1-3-24-19(22)13-18(21-14-16-7-5-4-6-8-16)20(23)17-11-9-15(2)10-12-17/h4-12,18,21H,3,13-14H2,1-2H3. The van der Waals surface area contributed by atoms with Crippen molar-refractivity contribution >= 4 is 11.8 Å². The Hall–Kier alpha value is -2.46. The van der Waals surface area contributed by atoms with Crippen LogP contribution in [0.1, 0.15) is 34.8 Å². The van der Waals surface area contributed by atoms with Crippen molar-refractivity contribution in [1.82, 2.24) is 5.32 Å². The zero-order chi connectivity index (χ0) is 17.4. The van der Waals surface area contributed by atoms with Crippen LogP contribution in [0.5, 0.6) is 0 Å². The number of hydrogen-bond donors (Lipinski definition) is 1. The van der Waals surface area contributed by atoms with Gasteiger partial charge in [-0.05, 0) is 19.4 Å². The van der Waals surface area contributed by atoms with Gasteiger partial charge >= 0.3 is 5.97 Å². The summed E-state index contributed by atoms with van der Waals surface area (Å²) in [4.78, 5) is 24.6. The van der Waals surface area contributed by atoms with Gasteiger partial charge in [-0.1, -0.05) is 60.2 Å². The van der Waals surface area contributed by atoms with Gasteiger partial charge in [-0.2, -0.15) is 0 Å². The second-order valence-electron chi connectivity index (χ2n) is 5.66. The Morgan fingerprint density at radius 2 is 1.71 bits per heavy atom. The number of aryl methyl sites for hydroxylation is 1. The molecule has 1 unspecified atom stereocenters. The van der Waals surface area contributed by atoms with Crippen LogP contribution in [0.3, 0.4) is 0 Å². The van der Waals surface area contributed by atoms with Crippen LogP contribution in [-0.4, -0.2) is 24.4 Å². The number of Topliss-reactive ketones (excluding diaryl/α,β-unsaturated/α-hetero) is 1. The molecule has 0 aromatic heterocycles. The average molecular weight is 325 g/mol. The molecule has 0 aliphatic heterocycles. The molecule has 0 spiro atoms. The van der Waals surface area contributed by atoms with E-state index in [0.29, 0.717) is 18.7 Å². The van der Waals surface area contributed by atoms with E-state index in [2.05, 4.69) is 5.32 Å². The number of carbonyl (C=O) groups excluding carboxylic acids is 2. The fraction of sp³-hybridized carbons (Fsp3) is 0.300. The van der Waals surface area contributed by atoms with Gasteiger partial charge in [-0.3, -0.25) is 9.59 Å². The third-order valence-electron chi connectivity index (χ3n) is 3.72. The third-order valence-corrected chi connectivity index (χ3v) is 3.72. The van der Waals surface area contributed by atoms with Crippen LogP contribution < -0.4 is 5.32 Å². The van der Waals surface area contributed by atoms with Gasteiger partial charge in [-0.15, -0.1) is 0 Å². The van der Waals surface area contributed by atoms with Crippen LogP contribution >= 0.6 is 0 Å². The molecule has 0 amide bonds. The second kappa shape index (κ2) is 8.99. The lowest BCUT2D eigenvalue weighted by Crippen LogP contribution is -2.38. The maximum Gasteiger partial charge on any atom is 0.307 e. The SMILES string of the molecule is CCOC(=O)CC(NCc1ccccc1)C(=O)c1ccc(C)cc1. The van der Waals surface area contributed by atoms with Crippen molar-refractivity contribution in [3.63, 3.8) is 0 Å². The fourth-order valence-electron chi connectivity index (χ4n) is 2.40. The maximum atomic E-state index is 12.7. The minimum atomic E-state index is -0.605. The number of ketones is 1. The van der Waals surface area contributed by atoms with Crippen LogP contribution in [0.2, 0.25) is 0 Å². The average Bonchev–Trinajstić information content (AvgIpc) is 2.60. The monoisotopic (exact) mass is 325 g/mol. The predicted molar refractivity (Wildman–Crippen MR) is 93.8 cm³/mol. The molecule has 4 heteroatoms. The van der Waals surface area contributed by atoms with E-state index in [-0.39, 0.29) is 18.2 Å². The quantitative estimate of drug-likeness (QED) is 0.598. The molecule has 2 rings (SSSR count). The Balaban J connectivity index is 2.10. The molecule has 2 aromatic carbocycles. The van der Waals surface area contributed by atoms with E-state index in [4.69, 9.17) is 4.74 Å². The van der Waals surface area contributed by atoms with Gasteiger partial charge in [0, 0.05) is 12.1 Å². The van der Waals surface area contributed by atoms with Crippen molar-refractivity contribution < 1.29 is 14.3 Å². The van der Waals surface area contributed by atoms with E-state index in [1.807, 2.05) is 49.4 Å². The third kappa shape index (κ3) is 5.32. The Labute approximate surface area is 142 Å². The van der Waals surface area contributed by atoms with E-state index in [1.54, 1.807) is 19.1 Å². The van der Waals surface area contributed by atoms with Crippen molar-refractivity contribution in [2.24, 2.45) is 0 Å². The molecule has 4 nitrogen and oxygen atoms in total. The zero-order valence-corrected chi connectivity index (χ0v) is 14.1. The first kappa shape index (κ1) is 17.9. The molecule has 0 heterocycles. The molecule has 0 aliphatic rings. The summed E-state index contributed by atoms with van der Waals surface area (Å²) in [5, 5.41) is 3.19. The van der Waals surface area contributed by atoms with Gasteiger partial charge < -0.3 is 10.1 Å². The highest BCUT2D eigenvalue weighted by Crippen LogP contribution is 2.10. The number of ether oxygens (including phenoxy) is 1. The molecule has 126 valence electrons. The summed E-state index contributed by atoms with van der Waals surface area (Å²) < 4.78 is 5.00. The summed E-state index contributed by atoms with van der Waals surface area (Å²) in [6, 6.07) is 16.6. The maximum absolute atomic E-state index is 12.7. The minimum Gasteiger partial charge on any atom is -0.466 e. The Morgan fingerprint density at radius 3 is 2.33 bits per heavy atom. The molecule has 0 fully saturated rings. The molecule has 0 saturated carbocycles. The number of rotatable bonds is 8. The first-order valence-electron chi connectivity index (χ1n) is 8.14. The molecular formula is C20H23NO3. The minimum absolute atomic E-state index is 0.0212. The molecule has 0 bridgehead atoms. The molecule has 0 radical (unpaired) electrons. The Morgan fingerprint density at radius 1 is 1.04 bits per heavy atom. The van der Waals surface area contributed by atoms with Crippen molar-refractivity contribution in [3.8, 4) is 0 Å². The summed E-state index contributed by atoms with van der Waals surface area (Å²) >= 11 is 0. The van der Waals surface area contributed by atoms with Crippen molar-refractivity contribution in [3.05, 3.63) is 71.3 Å². The van der Waals surface area contributed by atoms with E-state index < -0.39 is 6.04 Å². The molecule has 1 N–H and O–H groups in total. The second-order valence-corrected chi connectivity index (χ2v) is 5.66. The molecule has 24 heavy (non-hydrogen) atoms. The lowest BCUT2D eigenvalue weighted by atomic mass is 10.00. The molecule has 0 saturated heterocycles. The van der Waals surface area contributed by atoms with Gasteiger partial charge in [0.1, 0.15) is 0 Å². The van der Waals surface area contributed by atoms with Crippen molar-refractivity contribution in [2.45, 2.75) is 32.9 Å². The normalized spacial score (nSPS) is 11.8. The van der Waals surface area contributed by atoms with Crippen LogP contribution in [-0.2, 0) is 16.1 Å². The highest BCUT2D eigenvalue weighted by atomic mass is 16.5. The fourth-order valence-corrected chi connectivity index (χ4v) is 2.40.